The van der Waals surface area contributed by atoms with E-state index in [1.807, 2.05) is 28.8 Å². The van der Waals surface area contributed by atoms with Crippen LogP contribution >= 0.6 is 23.8 Å². The number of nitrogens with zero attached hydrogens (tertiary/aromatic N) is 2. The monoisotopic (exact) mass is 391 g/mol. The molecule has 0 aliphatic carbocycles. The lowest BCUT2D eigenvalue weighted by Crippen LogP contribution is -2.15. The van der Waals surface area contributed by atoms with Crippen molar-refractivity contribution in [3.05, 3.63) is 52.0 Å². The smallest absolute Gasteiger partial charge is 0.198 e. The second-order valence-corrected chi connectivity index (χ2v) is 6.93. The van der Waals surface area contributed by atoms with Gasteiger partial charge in [-0.25, -0.2) is 0 Å². The lowest BCUT2D eigenvalue weighted by atomic mass is 10.2. The zero-order valence-corrected chi connectivity index (χ0v) is 15.6. The first-order valence-electron chi connectivity index (χ1n) is 8.43. The predicted octanol–water partition coefficient (Wildman–Crippen LogP) is 4.61. The molecule has 0 saturated carbocycles. The van der Waals surface area contributed by atoms with Gasteiger partial charge in [-0.15, -0.1) is 0 Å². The number of furan rings is 1. The molecule has 0 unspecified atom stereocenters. The molecule has 0 spiro atoms. The summed E-state index contributed by atoms with van der Waals surface area (Å²) in [7, 11) is 0. The summed E-state index contributed by atoms with van der Waals surface area (Å²) >= 11 is 11.2. The Morgan fingerprint density at radius 2 is 2.12 bits per heavy atom. The summed E-state index contributed by atoms with van der Waals surface area (Å²) in [6, 6.07) is 11.0. The van der Waals surface area contributed by atoms with Gasteiger partial charge in [0.2, 0.25) is 0 Å². The van der Waals surface area contributed by atoms with E-state index in [9.17, 15) is 0 Å². The summed E-state index contributed by atoms with van der Waals surface area (Å²) in [5.74, 6) is 2.74. The summed E-state index contributed by atoms with van der Waals surface area (Å²) in [4.78, 5) is 0. The number of ether oxygens (including phenoxy) is 2. The summed E-state index contributed by atoms with van der Waals surface area (Å²) < 4.78 is 19.8. The molecule has 1 aliphatic rings. The van der Waals surface area contributed by atoms with Crippen LogP contribution in [0.3, 0.4) is 0 Å². The van der Waals surface area contributed by atoms with Crippen molar-refractivity contribution in [2.75, 3.05) is 6.61 Å². The minimum atomic E-state index is 0.167. The fourth-order valence-corrected chi connectivity index (χ4v) is 3.26. The van der Waals surface area contributed by atoms with Gasteiger partial charge in [0, 0.05) is 11.6 Å². The number of hydrogen-bond acceptors (Lipinski definition) is 5. The molecular formula is C18H18ClN3O3S. The summed E-state index contributed by atoms with van der Waals surface area (Å²) in [5.41, 5.74) is 0. The highest BCUT2D eigenvalue weighted by atomic mass is 35.5. The molecule has 8 heteroatoms. The maximum Gasteiger partial charge on any atom is 0.198 e. The average molecular weight is 392 g/mol. The van der Waals surface area contributed by atoms with Crippen molar-refractivity contribution < 1.29 is 13.9 Å². The highest BCUT2D eigenvalue weighted by Gasteiger charge is 2.20. The second kappa shape index (κ2) is 7.65. The van der Waals surface area contributed by atoms with Crippen molar-refractivity contribution in [1.82, 2.24) is 14.8 Å². The minimum Gasteiger partial charge on any atom is -0.486 e. The maximum atomic E-state index is 5.89. The predicted molar refractivity (Wildman–Crippen MR) is 99.9 cm³/mol. The van der Waals surface area contributed by atoms with Gasteiger partial charge in [0.05, 0.1) is 12.6 Å². The van der Waals surface area contributed by atoms with E-state index in [0.717, 1.165) is 25.2 Å². The zero-order valence-electron chi connectivity index (χ0n) is 14.0. The van der Waals surface area contributed by atoms with Crippen LogP contribution in [0.2, 0.25) is 5.02 Å². The first kappa shape index (κ1) is 17.3. The van der Waals surface area contributed by atoms with Crippen LogP contribution in [0.25, 0.3) is 11.6 Å². The number of aromatic nitrogens is 3. The molecule has 1 saturated heterocycles. The molecule has 4 rings (SSSR count). The molecule has 0 radical (unpaired) electrons. The highest BCUT2D eigenvalue weighted by Crippen LogP contribution is 2.24. The van der Waals surface area contributed by atoms with Crippen molar-refractivity contribution in [2.24, 2.45) is 0 Å². The number of hydrogen-bond donors (Lipinski definition) is 1. The molecule has 3 heterocycles. The third kappa shape index (κ3) is 3.85. The highest BCUT2D eigenvalue weighted by molar-refractivity contribution is 7.71. The van der Waals surface area contributed by atoms with Gasteiger partial charge in [0.15, 0.2) is 16.4 Å². The molecular weight excluding hydrogens is 374 g/mol. The lowest BCUT2D eigenvalue weighted by Gasteiger charge is -2.11. The van der Waals surface area contributed by atoms with Gasteiger partial charge >= 0.3 is 0 Å². The SMILES string of the molecule is S=c1[nH]nc(-c2ccc(COc3ccc(Cl)cc3)o2)n1C[C@H]1CCCO1. The standard InChI is InChI=1S/C18H18ClN3O3S/c19-12-3-5-13(6-4-12)24-11-15-7-8-16(25-15)17-20-21-18(26)22(17)10-14-2-1-9-23-14/h3-8,14H,1-2,9-11H2,(H,21,26)/t14-/m1/s1. The lowest BCUT2D eigenvalue weighted by molar-refractivity contribution is 0.0969. The van der Waals surface area contributed by atoms with Gasteiger partial charge in [-0.3, -0.25) is 9.67 Å². The van der Waals surface area contributed by atoms with Gasteiger partial charge < -0.3 is 13.9 Å². The van der Waals surface area contributed by atoms with Gasteiger partial charge in [-0.05, 0) is 61.5 Å². The molecule has 1 atom stereocenters. The van der Waals surface area contributed by atoms with Gasteiger partial charge in [0.1, 0.15) is 18.1 Å². The molecule has 3 aromatic rings. The number of halogens is 1. The Balaban J connectivity index is 1.47. The van der Waals surface area contributed by atoms with Crippen LogP contribution in [0, 0.1) is 4.77 Å². The third-order valence-corrected chi connectivity index (χ3v) is 4.81. The molecule has 1 fully saturated rings. The van der Waals surface area contributed by atoms with Crippen molar-refractivity contribution in [3.63, 3.8) is 0 Å². The molecule has 136 valence electrons. The zero-order chi connectivity index (χ0) is 17.9. The van der Waals surface area contributed by atoms with E-state index >= 15 is 0 Å². The number of benzene rings is 1. The maximum absolute atomic E-state index is 5.89. The molecule has 0 amide bonds. The normalized spacial score (nSPS) is 16.9. The van der Waals surface area contributed by atoms with Crippen molar-refractivity contribution in [3.8, 4) is 17.3 Å². The van der Waals surface area contributed by atoms with E-state index < -0.39 is 0 Å². The Labute approximate surface area is 160 Å². The van der Waals surface area contributed by atoms with Gasteiger partial charge in [-0.2, -0.15) is 5.10 Å². The fourth-order valence-electron chi connectivity index (χ4n) is 2.93. The molecule has 26 heavy (non-hydrogen) atoms. The molecule has 1 aromatic carbocycles. The van der Waals surface area contributed by atoms with Crippen LogP contribution in [-0.2, 0) is 17.9 Å². The Bertz CT molecular complexity index is 926. The number of nitrogens with one attached hydrogen (secondary N) is 1. The van der Waals surface area contributed by atoms with E-state index in [1.165, 1.54) is 0 Å². The molecule has 2 aromatic heterocycles. The Morgan fingerprint density at radius 1 is 1.27 bits per heavy atom. The quantitative estimate of drug-likeness (QED) is 0.621. The van der Waals surface area contributed by atoms with E-state index in [0.29, 0.717) is 40.3 Å². The van der Waals surface area contributed by atoms with Crippen LogP contribution in [0.4, 0.5) is 0 Å². The molecule has 0 bridgehead atoms. The third-order valence-electron chi connectivity index (χ3n) is 4.25. The average Bonchev–Trinajstić information content (AvgIpc) is 3.38. The van der Waals surface area contributed by atoms with E-state index in [1.54, 1.807) is 12.1 Å². The summed E-state index contributed by atoms with van der Waals surface area (Å²) in [5, 5.41) is 7.82. The van der Waals surface area contributed by atoms with Crippen LogP contribution in [0.1, 0.15) is 18.6 Å². The first-order valence-corrected chi connectivity index (χ1v) is 9.22. The van der Waals surface area contributed by atoms with Crippen molar-refractivity contribution >= 4 is 23.8 Å². The summed E-state index contributed by atoms with van der Waals surface area (Å²) in [6.07, 6.45) is 2.28. The largest absolute Gasteiger partial charge is 0.486 e. The minimum absolute atomic E-state index is 0.167. The van der Waals surface area contributed by atoms with Gasteiger partial charge in [-0.1, -0.05) is 11.6 Å². The fraction of sp³-hybridized carbons (Fsp3) is 0.333. The van der Waals surface area contributed by atoms with Gasteiger partial charge in [0.25, 0.3) is 0 Å². The van der Waals surface area contributed by atoms with Crippen LogP contribution in [0.5, 0.6) is 5.75 Å². The second-order valence-electron chi connectivity index (χ2n) is 6.11. The molecule has 1 aliphatic heterocycles. The first-order chi connectivity index (χ1) is 12.7. The Morgan fingerprint density at radius 3 is 2.88 bits per heavy atom. The summed E-state index contributed by atoms with van der Waals surface area (Å²) in [6.45, 7) is 1.79. The molecule has 1 N–H and O–H groups in total. The Hall–Kier alpha value is -2.09. The van der Waals surface area contributed by atoms with E-state index in [2.05, 4.69) is 10.2 Å². The van der Waals surface area contributed by atoms with E-state index in [-0.39, 0.29) is 6.10 Å². The Kier molecular flexibility index (Phi) is 5.10. The molecule has 6 nitrogen and oxygen atoms in total. The number of H-pyrrole nitrogens is 1. The van der Waals surface area contributed by atoms with Crippen molar-refractivity contribution in [2.45, 2.75) is 32.1 Å². The topological polar surface area (TPSA) is 65.2 Å². The van der Waals surface area contributed by atoms with E-state index in [4.69, 9.17) is 37.7 Å². The van der Waals surface area contributed by atoms with Crippen LogP contribution < -0.4 is 4.74 Å². The van der Waals surface area contributed by atoms with Crippen LogP contribution in [0.15, 0.2) is 40.8 Å². The van der Waals surface area contributed by atoms with Crippen molar-refractivity contribution in [1.29, 1.82) is 0 Å². The number of aromatic amines is 1. The number of rotatable bonds is 6. The van der Waals surface area contributed by atoms with Crippen LogP contribution in [-0.4, -0.2) is 27.5 Å².